The van der Waals surface area contributed by atoms with Crippen LogP contribution in [0.1, 0.15) is 31.9 Å². The number of nitrogens with zero attached hydrogens (tertiary/aromatic N) is 1. The Morgan fingerprint density at radius 2 is 1.86 bits per heavy atom. The van der Waals surface area contributed by atoms with Gasteiger partial charge in [0.2, 0.25) is 0 Å². The maximum Gasteiger partial charge on any atom is 0.270 e. The lowest BCUT2D eigenvalue weighted by atomic mass is 10.0. The second kappa shape index (κ2) is 6.99. The van der Waals surface area contributed by atoms with Crippen molar-refractivity contribution < 1.29 is 4.92 Å². The minimum atomic E-state index is -0.366. The van der Waals surface area contributed by atoms with Crippen molar-refractivity contribution in [1.82, 2.24) is 5.32 Å². The topological polar surface area (TPSA) is 55.2 Å². The van der Waals surface area contributed by atoms with Crippen LogP contribution in [0.3, 0.4) is 0 Å². The Labute approximate surface area is 125 Å². The van der Waals surface area contributed by atoms with Crippen LogP contribution in [0.15, 0.2) is 48.5 Å². The van der Waals surface area contributed by atoms with Gasteiger partial charge in [-0.2, -0.15) is 0 Å². The summed E-state index contributed by atoms with van der Waals surface area (Å²) in [6.45, 7) is 5.27. The molecule has 1 unspecified atom stereocenters. The van der Waals surface area contributed by atoms with Crippen LogP contribution < -0.4 is 5.32 Å². The number of hydrogen-bond donors (Lipinski definition) is 1. The lowest BCUT2D eigenvalue weighted by Crippen LogP contribution is -2.19. The highest BCUT2D eigenvalue weighted by Crippen LogP contribution is 2.25. The van der Waals surface area contributed by atoms with E-state index in [0.29, 0.717) is 6.04 Å². The number of nitro benzene ring substituents is 1. The molecular weight excluding hydrogens is 264 g/mol. The minimum absolute atomic E-state index is 0.120. The van der Waals surface area contributed by atoms with Gasteiger partial charge >= 0.3 is 0 Å². The van der Waals surface area contributed by atoms with Gasteiger partial charge in [-0.1, -0.05) is 43.3 Å². The van der Waals surface area contributed by atoms with Crippen molar-refractivity contribution in [3.63, 3.8) is 0 Å². The molecule has 2 rings (SSSR count). The molecule has 0 saturated heterocycles. The maximum absolute atomic E-state index is 10.8. The normalized spacial score (nSPS) is 12.1. The number of non-ortho nitro benzene ring substituents is 1. The molecule has 0 fully saturated rings. The summed E-state index contributed by atoms with van der Waals surface area (Å²) < 4.78 is 0. The molecule has 4 heteroatoms. The van der Waals surface area contributed by atoms with Crippen LogP contribution in [-0.4, -0.2) is 11.5 Å². The van der Waals surface area contributed by atoms with Gasteiger partial charge in [-0.15, -0.1) is 0 Å². The van der Waals surface area contributed by atoms with E-state index in [1.807, 2.05) is 18.2 Å². The van der Waals surface area contributed by atoms with Crippen molar-refractivity contribution in [2.45, 2.75) is 26.3 Å². The Balaban J connectivity index is 2.18. The maximum atomic E-state index is 10.8. The first kappa shape index (κ1) is 15.2. The van der Waals surface area contributed by atoms with Crippen molar-refractivity contribution in [2.75, 3.05) is 6.54 Å². The third kappa shape index (κ3) is 3.89. The zero-order valence-electron chi connectivity index (χ0n) is 12.4. The largest absolute Gasteiger partial charge is 0.310 e. The van der Waals surface area contributed by atoms with Crippen molar-refractivity contribution in [3.05, 3.63) is 64.2 Å². The molecule has 2 aromatic rings. The summed E-state index contributed by atoms with van der Waals surface area (Å²) in [5.74, 6) is 0. The molecule has 0 radical (unpaired) electrons. The smallest absolute Gasteiger partial charge is 0.270 e. The van der Waals surface area contributed by atoms with Crippen molar-refractivity contribution in [1.29, 1.82) is 0 Å². The standard InChI is InChI=1S/C17H20N2O2/c1-3-11-18-13(2)14-7-9-15(10-8-14)16-5-4-6-17(12-16)19(20)21/h4-10,12-13,18H,3,11H2,1-2H3. The van der Waals surface area contributed by atoms with E-state index in [-0.39, 0.29) is 10.6 Å². The predicted molar refractivity (Wildman–Crippen MR) is 85.2 cm³/mol. The third-order valence-corrected chi connectivity index (χ3v) is 3.50. The first-order valence-electron chi connectivity index (χ1n) is 7.20. The van der Waals surface area contributed by atoms with E-state index >= 15 is 0 Å². The fourth-order valence-corrected chi connectivity index (χ4v) is 2.24. The van der Waals surface area contributed by atoms with E-state index in [2.05, 4.69) is 31.3 Å². The molecule has 0 spiro atoms. The Kier molecular flexibility index (Phi) is 5.06. The molecule has 110 valence electrons. The summed E-state index contributed by atoms with van der Waals surface area (Å²) in [5.41, 5.74) is 3.20. The zero-order valence-corrected chi connectivity index (χ0v) is 12.4. The summed E-state index contributed by atoms with van der Waals surface area (Å²) in [6.07, 6.45) is 1.11. The first-order chi connectivity index (χ1) is 10.1. The molecule has 0 aliphatic carbocycles. The minimum Gasteiger partial charge on any atom is -0.310 e. The van der Waals surface area contributed by atoms with E-state index < -0.39 is 0 Å². The summed E-state index contributed by atoms with van der Waals surface area (Å²) in [4.78, 5) is 10.5. The molecule has 21 heavy (non-hydrogen) atoms. The van der Waals surface area contributed by atoms with E-state index in [1.165, 1.54) is 11.6 Å². The molecule has 0 amide bonds. The van der Waals surface area contributed by atoms with Gasteiger partial charge in [0.15, 0.2) is 0 Å². The summed E-state index contributed by atoms with van der Waals surface area (Å²) in [6, 6.07) is 15.2. The molecule has 0 aromatic heterocycles. The quantitative estimate of drug-likeness (QED) is 0.634. The number of nitrogens with one attached hydrogen (secondary N) is 1. The number of nitro groups is 1. The highest BCUT2D eigenvalue weighted by Gasteiger charge is 2.08. The van der Waals surface area contributed by atoms with Gasteiger partial charge in [-0.25, -0.2) is 0 Å². The fourth-order valence-electron chi connectivity index (χ4n) is 2.24. The average Bonchev–Trinajstić information content (AvgIpc) is 2.53. The Morgan fingerprint density at radius 1 is 1.14 bits per heavy atom. The molecule has 0 saturated carbocycles. The van der Waals surface area contributed by atoms with Crippen molar-refractivity contribution >= 4 is 5.69 Å². The van der Waals surface area contributed by atoms with Crippen molar-refractivity contribution in [3.8, 4) is 11.1 Å². The third-order valence-electron chi connectivity index (χ3n) is 3.50. The van der Waals surface area contributed by atoms with Crippen LogP contribution in [0.5, 0.6) is 0 Å². The Hall–Kier alpha value is -2.20. The SMILES string of the molecule is CCCNC(C)c1ccc(-c2cccc([N+](=O)[O-])c2)cc1. The van der Waals surface area contributed by atoms with E-state index in [0.717, 1.165) is 24.1 Å². The second-order valence-corrected chi connectivity index (χ2v) is 5.11. The summed E-state index contributed by atoms with van der Waals surface area (Å²) >= 11 is 0. The average molecular weight is 284 g/mol. The van der Waals surface area contributed by atoms with Gasteiger partial charge in [0.05, 0.1) is 4.92 Å². The molecule has 1 atom stereocenters. The zero-order chi connectivity index (χ0) is 15.2. The molecule has 0 aliphatic heterocycles. The van der Waals surface area contributed by atoms with Gasteiger partial charge in [0.25, 0.3) is 5.69 Å². The van der Waals surface area contributed by atoms with Crippen LogP contribution in [0.25, 0.3) is 11.1 Å². The summed E-state index contributed by atoms with van der Waals surface area (Å²) in [5, 5.41) is 14.3. The summed E-state index contributed by atoms with van der Waals surface area (Å²) in [7, 11) is 0. The van der Waals surface area contributed by atoms with Crippen LogP contribution in [-0.2, 0) is 0 Å². The highest BCUT2D eigenvalue weighted by molar-refractivity contribution is 5.66. The predicted octanol–water partition coefficient (Wildman–Crippen LogP) is 4.32. The monoisotopic (exact) mass is 284 g/mol. The number of rotatable bonds is 6. The molecule has 4 nitrogen and oxygen atoms in total. The Morgan fingerprint density at radius 3 is 2.48 bits per heavy atom. The lowest BCUT2D eigenvalue weighted by Gasteiger charge is -2.14. The second-order valence-electron chi connectivity index (χ2n) is 5.11. The van der Waals surface area contributed by atoms with Crippen molar-refractivity contribution in [2.24, 2.45) is 0 Å². The van der Waals surface area contributed by atoms with Gasteiger partial charge in [-0.3, -0.25) is 10.1 Å². The van der Waals surface area contributed by atoms with Crippen LogP contribution in [0, 0.1) is 10.1 Å². The van der Waals surface area contributed by atoms with Gasteiger partial charge < -0.3 is 5.32 Å². The molecule has 0 heterocycles. The molecule has 0 bridgehead atoms. The van der Waals surface area contributed by atoms with Gasteiger partial charge in [0.1, 0.15) is 0 Å². The van der Waals surface area contributed by atoms with E-state index in [9.17, 15) is 10.1 Å². The molecule has 0 aliphatic rings. The number of benzene rings is 2. The Bertz CT molecular complexity index is 608. The van der Waals surface area contributed by atoms with Gasteiger partial charge in [0, 0.05) is 18.2 Å². The molecular formula is C17H20N2O2. The van der Waals surface area contributed by atoms with Gasteiger partial charge in [-0.05, 0) is 36.6 Å². The highest BCUT2D eigenvalue weighted by atomic mass is 16.6. The fraction of sp³-hybridized carbons (Fsp3) is 0.294. The van der Waals surface area contributed by atoms with E-state index in [1.54, 1.807) is 12.1 Å². The number of hydrogen-bond acceptors (Lipinski definition) is 3. The van der Waals surface area contributed by atoms with Crippen LogP contribution in [0.2, 0.25) is 0 Å². The van der Waals surface area contributed by atoms with Crippen LogP contribution in [0.4, 0.5) is 5.69 Å². The first-order valence-corrected chi connectivity index (χ1v) is 7.20. The van der Waals surface area contributed by atoms with Crippen LogP contribution >= 0.6 is 0 Å². The van der Waals surface area contributed by atoms with E-state index in [4.69, 9.17) is 0 Å². The molecule has 2 aromatic carbocycles. The lowest BCUT2D eigenvalue weighted by molar-refractivity contribution is -0.384. The molecule has 1 N–H and O–H groups in total.